The number of hydrogen-bond acceptors (Lipinski definition) is 7. The monoisotopic (exact) mass is 426 g/mol. The summed E-state index contributed by atoms with van der Waals surface area (Å²) in [5.41, 5.74) is 3.08. The number of anilines is 2. The van der Waals surface area contributed by atoms with Gasteiger partial charge in [0.2, 0.25) is 5.91 Å². The third-order valence-electron chi connectivity index (χ3n) is 4.45. The van der Waals surface area contributed by atoms with Gasteiger partial charge >= 0.3 is 0 Å². The van der Waals surface area contributed by atoms with Crippen LogP contribution in [0.4, 0.5) is 17.1 Å². The highest BCUT2D eigenvalue weighted by Gasteiger charge is 2.14. The second-order valence-corrected chi connectivity index (χ2v) is 7.72. The summed E-state index contributed by atoms with van der Waals surface area (Å²) in [7, 11) is 1.84. The molecular formula is C20H22N6O3S. The number of aromatic nitrogens is 3. The van der Waals surface area contributed by atoms with Crippen LogP contribution in [0, 0.1) is 24.0 Å². The number of amides is 1. The lowest BCUT2D eigenvalue weighted by molar-refractivity contribution is -0.385. The zero-order chi connectivity index (χ0) is 21.7. The van der Waals surface area contributed by atoms with Gasteiger partial charge in [-0.1, -0.05) is 35.5 Å². The first-order valence-electron chi connectivity index (χ1n) is 9.20. The van der Waals surface area contributed by atoms with Crippen LogP contribution in [0.1, 0.15) is 17.0 Å². The van der Waals surface area contributed by atoms with Gasteiger partial charge in [0.15, 0.2) is 11.0 Å². The molecule has 0 aliphatic heterocycles. The molecule has 0 saturated heterocycles. The first kappa shape index (κ1) is 21.3. The second-order valence-electron chi connectivity index (χ2n) is 6.77. The fourth-order valence-electron chi connectivity index (χ4n) is 2.69. The first-order valence-corrected chi connectivity index (χ1v) is 10.2. The fraction of sp³-hybridized carbons (Fsp3) is 0.250. The lowest BCUT2D eigenvalue weighted by atomic mass is 10.2. The number of aryl methyl sites for hydroxylation is 2. The number of nitrogens with one attached hydrogen (secondary N) is 2. The Hall–Kier alpha value is -3.40. The summed E-state index contributed by atoms with van der Waals surface area (Å²) in [4.78, 5) is 22.8. The molecule has 156 valence electrons. The maximum absolute atomic E-state index is 12.2. The summed E-state index contributed by atoms with van der Waals surface area (Å²) >= 11 is 1.25. The van der Waals surface area contributed by atoms with Crippen molar-refractivity contribution in [2.45, 2.75) is 25.5 Å². The molecule has 0 atom stereocenters. The largest absolute Gasteiger partial charge is 0.378 e. The van der Waals surface area contributed by atoms with E-state index in [0.717, 1.165) is 11.5 Å². The van der Waals surface area contributed by atoms with Gasteiger partial charge in [0.1, 0.15) is 0 Å². The van der Waals surface area contributed by atoms with Crippen molar-refractivity contribution in [1.29, 1.82) is 0 Å². The highest BCUT2D eigenvalue weighted by atomic mass is 32.2. The van der Waals surface area contributed by atoms with E-state index in [4.69, 9.17) is 0 Å². The van der Waals surface area contributed by atoms with Gasteiger partial charge < -0.3 is 15.2 Å². The van der Waals surface area contributed by atoms with E-state index in [1.165, 1.54) is 23.4 Å². The Morgan fingerprint density at radius 3 is 2.53 bits per heavy atom. The summed E-state index contributed by atoms with van der Waals surface area (Å²) in [5.74, 6) is 0.576. The molecule has 0 unspecified atom stereocenters. The fourth-order valence-corrected chi connectivity index (χ4v) is 3.42. The third kappa shape index (κ3) is 5.35. The lowest BCUT2D eigenvalue weighted by Crippen LogP contribution is -2.15. The normalized spacial score (nSPS) is 10.6. The van der Waals surface area contributed by atoms with Crippen molar-refractivity contribution in [2.75, 3.05) is 16.4 Å². The van der Waals surface area contributed by atoms with Gasteiger partial charge in [-0.05, 0) is 32.0 Å². The Kier molecular flexibility index (Phi) is 6.68. The van der Waals surface area contributed by atoms with Crippen molar-refractivity contribution in [3.05, 3.63) is 69.5 Å². The van der Waals surface area contributed by atoms with E-state index in [0.29, 0.717) is 23.0 Å². The molecule has 3 aromatic rings. The molecular weight excluding hydrogens is 404 g/mol. The molecule has 1 amide bonds. The first-order chi connectivity index (χ1) is 14.3. The molecule has 0 aliphatic carbocycles. The Morgan fingerprint density at radius 2 is 1.83 bits per heavy atom. The van der Waals surface area contributed by atoms with Crippen molar-refractivity contribution < 1.29 is 9.72 Å². The van der Waals surface area contributed by atoms with E-state index in [2.05, 4.69) is 20.8 Å². The summed E-state index contributed by atoms with van der Waals surface area (Å²) in [6.07, 6.45) is 0. The minimum Gasteiger partial charge on any atom is -0.378 e. The van der Waals surface area contributed by atoms with Crippen LogP contribution in [0.25, 0.3) is 0 Å². The van der Waals surface area contributed by atoms with Gasteiger partial charge in [-0.2, -0.15) is 0 Å². The molecule has 2 aromatic carbocycles. The van der Waals surface area contributed by atoms with Crippen LogP contribution in [0.5, 0.6) is 0 Å². The molecule has 1 aromatic heterocycles. The quantitative estimate of drug-likeness (QED) is 0.321. The van der Waals surface area contributed by atoms with Gasteiger partial charge in [0.25, 0.3) is 5.69 Å². The van der Waals surface area contributed by atoms with Crippen LogP contribution >= 0.6 is 11.8 Å². The van der Waals surface area contributed by atoms with E-state index in [-0.39, 0.29) is 17.3 Å². The minimum absolute atomic E-state index is 0.0283. The van der Waals surface area contributed by atoms with Crippen LogP contribution in [0.3, 0.4) is 0 Å². The highest BCUT2D eigenvalue weighted by Crippen LogP contribution is 2.23. The van der Waals surface area contributed by atoms with E-state index in [1.807, 2.05) is 42.8 Å². The van der Waals surface area contributed by atoms with Crippen LogP contribution in [-0.2, 0) is 18.4 Å². The van der Waals surface area contributed by atoms with Gasteiger partial charge in [0.05, 0.1) is 17.2 Å². The Bertz CT molecular complexity index is 1060. The molecule has 3 rings (SSSR count). The highest BCUT2D eigenvalue weighted by molar-refractivity contribution is 7.99. The summed E-state index contributed by atoms with van der Waals surface area (Å²) in [6, 6.07) is 12.7. The molecule has 0 bridgehead atoms. The van der Waals surface area contributed by atoms with Crippen molar-refractivity contribution >= 4 is 34.7 Å². The smallest absolute Gasteiger partial charge is 0.274 e. The van der Waals surface area contributed by atoms with Crippen LogP contribution in [0.15, 0.2) is 47.6 Å². The second kappa shape index (κ2) is 9.40. The number of nitro benzene ring substituents is 1. The number of rotatable bonds is 8. The number of nitro groups is 1. The predicted molar refractivity (Wildman–Crippen MR) is 117 cm³/mol. The maximum atomic E-state index is 12.2. The molecule has 30 heavy (non-hydrogen) atoms. The Labute approximate surface area is 178 Å². The number of thioether (sulfide) groups is 1. The van der Waals surface area contributed by atoms with Crippen molar-refractivity contribution in [3.8, 4) is 0 Å². The Morgan fingerprint density at radius 1 is 1.13 bits per heavy atom. The zero-order valence-electron chi connectivity index (χ0n) is 16.9. The van der Waals surface area contributed by atoms with E-state index in [9.17, 15) is 14.9 Å². The molecule has 10 heteroatoms. The van der Waals surface area contributed by atoms with Crippen LogP contribution < -0.4 is 10.6 Å². The lowest BCUT2D eigenvalue weighted by Gasteiger charge is -2.08. The number of nitrogens with zero attached hydrogens (tertiary/aromatic N) is 4. The summed E-state index contributed by atoms with van der Waals surface area (Å²) in [5, 5.41) is 25.9. The van der Waals surface area contributed by atoms with Crippen LogP contribution in [-0.4, -0.2) is 31.3 Å². The number of hydrogen-bond donors (Lipinski definition) is 2. The van der Waals surface area contributed by atoms with Crippen molar-refractivity contribution in [1.82, 2.24) is 14.8 Å². The predicted octanol–water partition coefficient (Wildman–Crippen LogP) is 3.68. The topological polar surface area (TPSA) is 115 Å². The molecule has 2 N–H and O–H groups in total. The molecule has 0 spiro atoms. The van der Waals surface area contributed by atoms with Gasteiger partial charge in [-0.15, -0.1) is 10.2 Å². The molecule has 0 radical (unpaired) electrons. The van der Waals surface area contributed by atoms with Crippen molar-refractivity contribution in [3.63, 3.8) is 0 Å². The molecule has 1 heterocycles. The van der Waals surface area contributed by atoms with Gasteiger partial charge in [-0.25, -0.2) is 0 Å². The zero-order valence-corrected chi connectivity index (χ0v) is 17.7. The number of carbonyl (C=O) groups excluding carboxylic acids is 1. The van der Waals surface area contributed by atoms with E-state index < -0.39 is 4.92 Å². The molecule has 0 fully saturated rings. The minimum atomic E-state index is -0.467. The van der Waals surface area contributed by atoms with Crippen LogP contribution in [0.2, 0.25) is 0 Å². The number of benzene rings is 2. The third-order valence-corrected chi connectivity index (χ3v) is 5.47. The standard InChI is InChI=1S/C20H22N6O3S/c1-13-4-7-15(8-5-13)21-11-18-23-24-20(25(18)3)30-12-19(27)22-16-9-6-14(2)17(10-16)26(28)29/h4-10,21H,11-12H2,1-3H3,(H,22,27). The maximum Gasteiger partial charge on any atom is 0.274 e. The molecule has 0 saturated carbocycles. The SMILES string of the molecule is Cc1ccc(NCc2nnc(SCC(=O)Nc3ccc(C)c([N+](=O)[O-])c3)n2C)cc1. The summed E-state index contributed by atoms with van der Waals surface area (Å²) in [6.45, 7) is 4.19. The van der Waals surface area contributed by atoms with E-state index in [1.54, 1.807) is 19.1 Å². The van der Waals surface area contributed by atoms with E-state index >= 15 is 0 Å². The summed E-state index contributed by atoms with van der Waals surface area (Å²) < 4.78 is 1.83. The molecule has 0 aliphatic rings. The van der Waals surface area contributed by atoms with Crippen molar-refractivity contribution in [2.24, 2.45) is 7.05 Å². The average Bonchev–Trinajstić information content (AvgIpc) is 3.07. The number of carbonyl (C=O) groups is 1. The molecule has 9 nitrogen and oxygen atoms in total. The Balaban J connectivity index is 1.54. The van der Waals surface area contributed by atoms with Gasteiger partial charge in [-0.3, -0.25) is 14.9 Å². The average molecular weight is 427 g/mol. The van der Waals surface area contributed by atoms with Gasteiger partial charge in [0, 0.05) is 30.1 Å².